The SMILES string of the molecule is O=C(c1ccco1)N1CC[C@H](OCC2CC2)[C@H](Cc2ccccc2)C1. The van der Waals surface area contributed by atoms with E-state index in [0.717, 1.165) is 38.5 Å². The quantitative estimate of drug-likeness (QED) is 0.804. The summed E-state index contributed by atoms with van der Waals surface area (Å²) in [6, 6.07) is 14.0. The molecule has 1 aromatic heterocycles. The van der Waals surface area contributed by atoms with Crippen molar-refractivity contribution in [2.45, 2.75) is 31.8 Å². The van der Waals surface area contributed by atoms with Crippen LogP contribution in [0.3, 0.4) is 0 Å². The molecule has 1 amide bonds. The van der Waals surface area contributed by atoms with Crippen molar-refractivity contribution >= 4 is 5.91 Å². The largest absolute Gasteiger partial charge is 0.459 e. The maximum absolute atomic E-state index is 12.6. The van der Waals surface area contributed by atoms with Gasteiger partial charge in [-0.25, -0.2) is 0 Å². The number of carbonyl (C=O) groups excluding carboxylic acids is 1. The standard InChI is InChI=1S/C21H25NO3/c23-21(20-7-4-12-24-20)22-11-10-19(25-15-17-8-9-17)18(14-22)13-16-5-2-1-3-6-16/h1-7,12,17-19H,8-11,13-15H2/t18-,19+/m1/s1. The molecule has 1 aromatic carbocycles. The molecule has 4 rings (SSSR count). The minimum Gasteiger partial charge on any atom is -0.459 e. The van der Waals surface area contributed by atoms with Crippen molar-refractivity contribution in [1.82, 2.24) is 4.90 Å². The molecule has 2 atom stereocenters. The molecule has 4 nitrogen and oxygen atoms in total. The van der Waals surface area contributed by atoms with E-state index >= 15 is 0 Å². The minimum atomic E-state index is -0.0105. The third-order valence-electron chi connectivity index (χ3n) is 5.27. The van der Waals surface area contributed by atoms with E-state index in [4.69, 9.17) is 9.15 Å². The number of hydrogen-bond acceptors (Lipinski definition) is 3. The number of amides is 1. The Kier molecular flexibility index (Phi) is 4.88. The number of rotatable bonds is 6. The molecule has 132 valence electrons. The van der Waals surface area contributed by atoms with Crippen LogP contribution in [0, 0.1) is 11.8 Å². The van der Waals surface area contributed by atoms with E-state index in [1.54, 1.807) is 18.4 Å². The molecule has 0 radical (unpaired) electrons. The average molecular weight is 339 g/mol. The zero-order chi connectivity index (χ0) is 17.1. The van der Waals surface area contributed by atoms with E-state index in [9.17, 15) is 4.79 Å². The summed E-state index contributed by atoms with van der Waals surface area (Å²) in [5.74, 6) is 1.51. The molecule has 2 heterocycles. The van der Waals surface area contributed by atoms with Crippen molar-refractivity contribution in [3.63, 3.8) is 0 Å². The maximum Gasteiger partial charge on any atom is 0.289 e. The number of ether oxygens (including phenoxy) is 1. The number of nitrogens with zero attached hydrogens (tertiary/aromatic N) is 1. The van der Waals surface area contributed by atoms with Crippen LogP contribution in [-0.2, 0) is 11.2 Å². The summed E-state index contributed by atoms with van der Waals surface area (Å²) in [6.07, 6.45) is 6.24. The van der Waals surface area contributed by atoms with Gasteiger partial charge in [-0.15, -0.1) is 0 Å². The summed E-state index contributed by atoms with van der Waals surface area (Å²) in [6.45, 7) is 2.34. The summed E-state index contributed by atoms with van der Waals surface area (Å²) in [5.41, 5.74) is 1.31. The number of carbonyl (C=O) groups is 1. The summed E-state index contributed by atoms with van der Waals surface area (Å²) in [4.78, 5) is 14.6. The highest BCUT2D eigenvalue weighted by molar-refractivity contribution is 5.91. The van der Waals surface area contributed by atoms with E-state index in [0.29, 0.717) is 11.7 Å². The molecule has 1 aliphatic heterocycles. The van der Waals surface area contributed by atoms with Gasteiger partial charge in [0.1, 0.15) is 0 Å². The first-order valence-electron chi connectivity index (χ1n) is 9.28. The van der Waals surface area contributed by atoms with Crippen LogP contribution >= 0.6 is 0 Å². The van der Waals surface area contributed by atoms with Crippen molar-refractivity contribution < 1.29 is 13.9 Å². The van der Waals surface area contributed by atoms with Crippen molar-refractivity contribution in [2.24, 2.45) is 11.8 Å². The molecule has 2 aliphatic rings. The molecule has 2 fully saturated rings. The number of piperidine rings is 1. The lowest BCUT2D eigenvalue weighted by Crippen LogP contribution is -2.47. The third kappa shape index (κ3) is 4.13. The second-order valence-electron chi connectivity index (χ2n) is 7.28. The van der Waals surface area contributed by atoms with Gasteiger partial charge in [0.25, 0.3) is 5.91 Å². The Bertz CT molecular complexity index is 678. The number of furan rings is 1. The summed E-state index contributed by atoms with van der Waals surface area (Å²) in [7, 11) is 0. The van der Waals surface area contributed by atoms with Gasteiger partial charge in [-0.1, -0.05) is 30.3 Å². The Morgan fingerprint density at radius 2 is 1.96 bits per heavy atom. The van der Waals surface area contributed by atoms with Gasteiger partial charge in [-0.2, -0.15) is 0 Å². The Balaban J connectivity index is 1.45. The maximum atomic E-state index is 12.6. The van der Waals surface area contributed by atoms with E-state index < -0.39 is 0 Å². The summed E-state index contributed by atoms with van der Waals surface area (Å²) < 4.78 is 11.5. The Hall–Kier alpha value is -2.07. The monoisotopic (exact) mass is 339 g/mol. The van der Waals surface area contributed by atoms with Crippen LogP contribution < -0.4 is 0 Å². The van der Waals surface area contributed by atoms with Gasteiger partial charge in [0.2, 0.25) is 0 Å². The van der Waals surface area contributed by atoms with Gasteiger partial charge in [0.05, 0.1) is 12.4 Å². The zero-order valence-electron chi connectivity index (χ0n) is 14.5. The average Bonchev–Trinajstić information content (AvgIpc) is 3.31. The molecule has 0 unspecified atom stereocenters. The second kappa shape index (κ2) is 7.44. The molecule has 0 spiro atoms. The van der Waals surface area contributed by atoms with Gasteiger partial charge < -0.3 is 14.1 Å². The minimum absolute atomic E-state index is 0.0105. The highest BCUT2D eigenvalue weighted by atomic mass is 16.5. The molecular formula is C21H25NO3. The van der Waals surface area contributed by atoms with Crippen molar-refractivity contribution in [2.75, 3.05) is 19.7 Å². The Morgan fingerprint density at radius 1 is 1.12 bits per heavy atom. The lowest BCUT2D eigenvalue weighted by Gasteiger charge is -2.38. The molecule has 1 saturated carbocycles. The van der Waals surface area contributed by atoms with E-state index in [-0.39, 0.29) is 12.0 Å². The first-order valence-corrected chi connectivity index (χ1v) is 9.28. The highest BCUT2D eigenvalue weighted by Gasteiger charge is 2.34. The molecule has 4 heteroatoms. The van der Waals surface area contributed by atoms with Gasteiger partial charge in [0, 0.05) is 25.6 Å². The predicted molar refractivity (Wildman–Crippen MR) is 95.3 cm³/mol. The Labute approximate surface area is 148 Å². The molecule has 1 saturated heterocycles. The highest BCUT2D eigenvalue weighted by Crippen LogP contribution is 2.32. The Morgan fingerprint density at radius 3 is 2.68 bits per heavy atom. The van der Waals surface area contributed by atoms with Crippen LogP contribution in [0.1, 0.15) is 35.4 Å². The normalized spacial score (nSPS) is 23.6. The number of likely N-dealkylation sites (tertiary alicyclic amines) is 1. The molecular weight excluding hydrogens is 314 g/mol. The van der Waals surface area contributed by atoms with Crippen molar-refractivity contribution in [3.05, 3.63) is 60.1 Å². The summed E-state index contributed by atoms with van der Waals surface area (Å²) in [5, 5.41) is 0. The first-order chi connectivity index (χ1) is 12.3. The summed E-state index contributed by atoms with van der Waals surface area (Å²) >= 11 is 0. The molecule has 25 heavy (non-hydrogen) atoms. The van der Waals surface area contributed by atoms with Gasteiger partial charge in [-0.05, 0) is 49.3 Å². The smallest absolute Gasteiger partial charge is 0.289 e. The number of hydrogen-bond donors (Lipinski definition) is 0. The van der Waals surface area contributed by atoms with E-state index in [1.165, 1.54) is 18.4 Å². The van der Waals surface area contributed by atoms with E-state index in [1.807, 2.05) is 11.0 Å². The van der Waals surface area contributed by atoms with Crippen molar-refractivity contribution in [1.29, 1.82) is 0 Å². The molecule has 0 N–H and O–H groups in total. The lowest BCUT2D eigenvalue weighted by atomic mass is 9.88. The fourth-order valence-electron chi connectivity index (χ4n) is 3.63. The molecule has 0 bridgehead atoms. The van der Waals surface area contributed by atoms with Crippen LogP contribution in [0.25, 0.3) is 0 Å². The van der Waals surface area contributed by atoms with Gasteiger partial charge >= 0.3 is 0 Å². The molecule has 2 aromatic rings. The van der Waals surface area contributed by atoms with Crippen LogP contribution in [0.5, 0.6) is 0 Å². The van der Waals surface area contributed by atoms with Crippen LogP contribution in [-0.4, -0.2) is 36.6 Å². The fourth-order valence-corrected chi connectivity index (χ4v) is 3.63. The van der Waals surface area contributed by atoms with Crippen LogP contribution in [0.2, 0.25) is 0 Å². The lowest BCUT2D eigenvalue weighted by molar-refractivity contribution is -0.0330. The topological polar surface area (TPSA) is 42.7 Å². The van der Waals surface area contributed by atoms with Crippen LogP contribution in [0.15, 0.2) is 53.1 Å². The van der Waals surface area contributed by atoms with Crippen LogP contribution in [0.4, 0.5) is 0 Å². The third-order valence-corrected chi connectivity index (χ3v) is 5.27. The number of benzene rings is 1. The van der Waals surface area contributed by atoms with Gasteiger partial charge in [0.15, 0.2) is 5.76 Å². The second-order valence-corrected chi connectivity index (χ2v) is 7.28. The van der Waals surface area contributed by atoms with Gasteiger partial charge in [-0.3, -0.25) is 4.79 Å². The van der Waals surface area contributed by atoms with Crippen molar-refractivity contribution in [3.8, 4) is 0 Å². The zero-order valence-corrected chi connectivity index (χ0v) is 14.5. The first kappa shape index (κ1) is 16.4. The van der Waals surface area contributed by atoms with E-state index in [2.05, 4.69) is 24.3 Å². The molecule has 1 aliphatic carbocycles. The fraction of sp³-hybridized carbons (Fsp3) is 0.476. The predicted octanol–water partition coefficient (Wildman–Crippen LogP) is 3.78.